The fourth-order valence-electron chi connectivity index (χ4n) is 7.58. The molecule has 1 unspecified atom stereocenters. The number of oxime groups is 1. The van der Waals surface area contributed by atoms with E-state index in [-0.39, 0.29) is 25.5 Å². The molecule has 0 spiro atoms. The molecule has 2 aromatic rings. The van der Waals surface area contributed by atoms with Crippen molar-refractivity contribution in [2.24, 2.45) is 11.1 Å². The van der Waals surface area contributed by atoms with Crippen LogP contribution in [0.4, 0.5) is 4.79 Å². The number of aromatic nitrogens is 2. The molecule has 3 N–H and O–H groups in total. The molecule has 284 valence electrons. The molecule has 53 heavy (non-hydrogen) atoms. The number of rotatable bonds is 9. The lowest BCUT2D eigenvalue weighted by atomic mass is 10.0. The summed E-state index contributed by atoms with van der Waals surface area (Å²) in [5.74, 6) is -2.28. The van der Waals surface area contributed by atoms with E-state index in [2.05, 4.69) is 25.5 Å². The van der Waals surface area contributed by atoms with Crippen molar-refractivity contribution in [3.8, 4) is 5.69 Å². The van der Waals surface area contributed by atoms with Gasteiger partial charge >= 0.3 is 6.09 Å². The Balaban J connectivity index is 1.13. The number of ether oxygens (including phenoxy) is 1. The Kier molecular flexibility index (Phi) is 10.9. The summed E-state index contributed by atoms with van der Waals surface area (Å²) in [7, 11) is -3.88. The van der Waals surface area contributed by atoms with E-state index in [9.17, 15) is 27.6 Å². The van der Waals surface area contributed by atoms with Gasteiger partial charge in [-0.3, -0.25) is 19.1 Å². The van der Waals surface area contributed by atoms with Crippen LogP contribution in [0.2, 0.25) is 0 Å². The summed E-state index contributed by atoms with van der Waals surface area (Å²) >= 11 is 0. The number of amides is 4. The lowest BCUT2D eigenvalue weighted by Crippen LogP contribution is -2.58. The van der Waals surface area contributed by atoms with Crippen molar-refractivity contribution >= 4 is 40.1 Å². The summed E-state index contributed by atoms with van der Waals surface area (Å²) in [6.07, 6.45) is 17.0. The molecule has 1 saturated heterocycles. The number of allylic oxidation sites excluding steroid dienone is 1. The van der Waals surface area contributed by atoms with Gasteiger partial charge < -0.3 is 29.7 Å². The maximum absolute atomic E-state index is 14.4. The predicted molar refractivity (Wildman–Crippen MR) is 193 cm³/mol. The average molecular weight is 750 g/mol. The van der Waals surface area contributed by atoms with Crippen molar-refractivity contribution in [1.82, 2.24) is 29.8 Å². The second-order valence-corrected chi connectivity index (χ2v) is 16.7. The van der Waals surface area contributed by atoms with E-state index in [1.807, 2.05) is 47.2 Å². The molecule has 7 rings (SSSR count). The highest BCUT2D eigenvalue weighted by atomic mass is 32.2. The number of para-hydroxylation sites is 1. The topological polar surface area (TPSA) is 190 Å². The molecule has 2 aliphatic heterocycles. The fraction of sp³-hybridized carbons (Fsp3) is 0.568. The number of carbonyl (C=O) groups excluding carboxylic acids is 4. The van der Waals surface area contributed by atoms with Crippen LogP contribution in [0.15, 0.2) is 60.3 Å². The van der Waals surface area contributed by atoms with Crippen LogP contribution in [0.5, 0.6) is 0 Å². The Morgan fingerprint density at radius 3 is 2.58 bits per heavy atom. The van der Waals surface area contributed by atoms with Crippen LogP contribution in [0.1, 0.15) is 89.0 Å². The highest BCUT2D eigenvalue weighted by Crippen LogP contribution is 2.46. The van der Waals surface area contributed by atoms with Crippen LogP contribution in [0.25, 0.3) is 5.69 Å². The van der Waals surface area contributed by atoms with Gasteiger partial charge in [0.25, 0.3) is 5.91 Å². The van der Waals surface area contributed by atoms with Crippen LogP contribution < -0.4 is 15.4 Å². The Morgan fingerprint density at radius 2 is 1.81 bits per heavy atom. The zero-order valence-electron chi connectivity index (χ0n) is 29.6. The first kappa shape index (κ1) is 36.6. The van der Waals surface area contributed by atoms with E-state index >= 15 is 0 Å². The van der Waals surface area contributed by atoms with Crippen LogP contribution in [0.3, 0.4) is 0 Å². The number of hydrogen-bond donors (Lipinski definition) is 3. The Hall–Kier alpha value is -4.73. The van der Waals surface area contributed by atoms with Gasteiger partial charge in [-0.1, -0.05) is 48.3 Å². The molecule has 5 aliphatic rings. The normalized spacial score (nSPS) is 28.9. The van der Waals surface area contributed by atoms with Crippen molar-refractivity contribution in [3.05, 3.63) is 60.7 Å². The molecular weight excluding hydrogens is 703 g/mol. The summed E-state index contributed by atoms with van der Waals surface area (Å²) in [4.78, 5) is 66.7. The quantitative estimate of drug-likeness (QED) is 0.196. The standard InChI is InChI=1S/C37H47N7O8S/c45-33-32-20-28(52-39-22-25-10-6-9-15-31(25)43-19-18-38-24-43)23-44(32)34(46)30(40-36(48)51-27-12-7-8-13-27)14-5-3-1-2-4-11-26-21-37(26,41-33)35(47)42-53(49,50)29-16-17-29/h4,6,9-11,15,18-19,22,24,26-30,32H,1-3,5,7-8,12-14,16-17,20-21,23H2,(H,40,48)(H,41,45)(H,42,47)/b11-4-,39-22+/t26-,28-,30+,32+,37?/m1/s1. The number of nitrogens with zero attached hydrogens (tertiary/aromatic N) is 4. The molecule has 3 aliphatic carbocycles. The van der Waals surface area contributed by atoms with Gasteiger partial charge in [-0.25, -0.2) is 18.2 Å². The molecule has 4 fully saturated rings. The Morgan fingerprint density at radius 1 is 1.02 bits per heavy atom. The van der Waals surface area contributed by atoms with Crippen molar-refractivity contribution in [2.45, 2.75) is 119 Å². The molecule has 15 nitrogen and oxygen atoms in total. The monoisotopic (exact) mass is 749 g/mol. The summed E-state index contributed by atoms with van der Waals surface area (Å²) < 4.78 is 35.3. The first-order valence-electron chi connectivity index (χ1n) is 18.7. The molecule has 0 radical (unpaired) electrons. The van der Waals surface area contributed by atoms with Gasteiger partial charge in [0.1, 0.15) is 29.8 Å². The third-order valence-corrected chi connectivity index (χ3v) is 12.7. The smallest absolute Gasteiger partial charge is 0.408 e. The summed E-state index contributed by atoms with van der Waals surface area (Å²) in [6.45, 7) is -0.00807. The van der Waals surface area contributed by atoms with Gasteiger partial charge in [0.05, 0.1) is 30.0 Å². The average Bonchev–Trinajstić information content (AvgIpc) is 3.87. The van der Waals surface area contributed by atoms with Gasteiger partial charge in [-0.15, -0.1) is 0 Å². The van der Waals surface area contributed by atoms with Crippen molar-refractivity contribution < 1.29 is 37.2 Å². The van der Waals surface area contributed by atoms with E-state index in [4.69, 9.17) is 9.57 Å². The maximum Gasteiger partial charge on any atom is 0.408 e. The number of sulfonamides is 1. The predicted octanol–water partition coefficient (Wildman–Crippen LogP) is 3.23. The number of hydrogen-bond acceptors (Lipinski definition) is 10. The van der Waals surface area contributed by atoms with E-state index in [0.29, 0.717) is 32.1 Å². The minimum Gasteiger partial charge on any atom is -0.446 e. The van der Waals surface area contributed by atoms with E-state index in [1.54, 1.807) is 18.7 Å². The van der Waals surface area contributed by atoms with E-state index < -0.39 is 68.7 Å². The molecular formula is C37H47N7O8S. The lowest BCUT2D eigenvalue weighted by molar-refractivity contribution is -0.141. The number of benzene rings is 1. The number of carbonyl (C=O) groups is 4. The zero-order valence-corrected chi connectivity index (χ0v) is 30.4. The zero-order chi connectivity index (χ0) is 37.0. The first-order valence-corrected chi connectivity index (χ1v) is 20.3. The maximum atomic E-state index is 14.4. The van der Waals surface area contributed by atoms with Crippen LogP contribution >= 0.6 is 0 Å². The molecule has 3 saturated carbocycles. The molecule has 16 heteroatoms. The molecule has 4 amide bonds. The van der Waals surface area contributed by atoms with Gasteiger partial charge in [0, 0.05) is 30.3 Å². The number of fused-ring (bicyclic) bond motifs is 2. The van der Waals surface area contributed by atoms with Gasteiger partial charge in [0.2, 0.25) is 21.8 Å². The summed E-state index contributed by atoms with van der Waals surface area (Å²) in [5, 5.41) is 9.28. The Bertz CT molecular complexity index is 1840. The third kappa shape index (κ3) is 8.58. The minimum atomic E-state index is -3.88. The minimum absolute atomic E-state index is 0.00807. The van der Waals surface area contributed by atoms with E-state index in [0.717, 1.165) is 49.8 Å². The molecule has 3 heterocycles. The highest BCUT2D eigenvalue weighted by Gasteiger charge is 2.62. The summed E-state index contributed by atoms with van der Waals surface area (Å²) in [6, 6.07) is 5.49. The van der Waals surface area contributed by atoms with Crippen molar-refractivity contribution in [1.29, 1.82) is 0 Å². The van der Waals surface area contributed by atoms with E-state index in [1.165, 1.54) is 4.90 Å². The highest BCUT2D eigenvalue weighted by molar-refractivity contribution is 7.91. The number of alkyl carbamates (subject to hydrolysis) is 1. The van der Waals surface area contributed by atoms with Crippen LogP contribution in [-0.2, 0) is 34.0 Å². The van der Waals surface area contributed by atoms with Gasteiger partial charge in [-0.2, -0.15) is 0 Å². The molecule has 1 aromatic carbocycles. The Labute approximate surface area is 309 Å². The van der Waals surface area contributed by atoms with Crippen molar-refractivity contribution in [2.75, 3.05) is 6.54 Å². The van der Waals surface area contributed by atoms with Gasteiger partial charge in [-0.05, 0) is 70.3 Å². The molecule has 5 atom stereocenters. The second kappa shape index (κ2) is 15.7. The number of nitrogens with one attached hydrogen (secondary N) is 3. The van der Waals surface area contributed by atoms with Crippen LogP contribution in [-0.4, -0.2) is 94.5 Å². The fourth-order valence-corrected chi connectivity index (χ4v) is 8.94. The first-order chi connectivity index (χ1) is 25.6. The third-order valence-electron chi connectivity index (χ3n) is 10.8. The van der Waals surface area contributed by atoms with Gasteiger partial charge in [0.15, 0.2) is 0 Å². The number of imidazole rings is 1. The van der Waals surface area contributed by atoms with Crippen molar-refractivity contribution in [3.63, 3.8) is 0 Å². The molecule has 1 aromatic heterocycles. The molecule has 0 bridgehead atoms. The summed E-state index contributed by atoms with van der Waals surface area (Å²) in [5.41, 5.74) is 0.0882. The van der Waals surface area contributed by atoms with Crippen LogP contribution in [0, 0.1) is 5.92 Å². The largest absolute Gasteiger partial charge is 0.446 e. The SMILES string of the molecule is O=C(N[C@H]1CCCCC/C=C\[C@@H]2CC2(C(=O)NS(=O)(=O)C2CC2)NC(=O)[C@@H]2C[C@@H](O/N=C/c3ccccc3-n3ccnc3)CN2C1=O)OC1CCCC1. The lowest BCUT2D eigenvalue weighted by Gasteiger charge is -2.30. The second-order valence-electron chi connectivity index (χ2n) is 14.8.